The van der Waals surface area contributed by atoms with Gasteiger partial charge in [-0.1, -0.05) is 35.8 Å². The maximum atomic E-state index is 11.9. The third kappa shape index (κ3) is 4.33. The molecule has 0 bridgehead atoms. The van der Waals surface area contributed by atoms with Gasteiger partial charge in [-0.2, -0.15) is 0 Å². The van der Waals surface area contributed by atoms with Crippen LogP contribution in [0.2, 0.25) is 0 Å². The Bertz CT molecular complexity index is 430. The van der Waals surface area contributed by atoms with E-state index >= 15 is 0 Å². The van der Waals surface area contributed by atoms with Crippen LogP contribution in [0.5, 0.6) is 5.75 Å². The first-order valence-electron chi connectivity index (χ1n) is 5.99. The number of benzene rings is 1. The molecule has 0 saturated heterocycles. The second-order valence-corrected chi connectivity index (χ2v) is 6.10. The van der Waals surface area contributed by atoms with Crippen LogP contribution in [0, 0.1) is 12.3 Å². The Hall–Kier alpha value is -1.03. The van der Waals surface area contributed by atoms with Crippen LogP contribution < -0.4 is 5.32 Å². The molecule has 0 aliphatic rings. The summed E-state index contributed by atoms with van der Waals surface area (Å²) < 4.78 is 0. The second kappa shape index (κ2) is 6.23. The Balaban J connectivity index is 2.66. The summed E-state index contributed by atoms with van der Waals surface area (Å²) >= 11 is 3.40. The highest BCUT2D eigenvalue weighted by atomic mass is 79.9. The summed E-state index contributed by atoms with van der Waals surface area (Å²) in [5.41, 5.74) is 1.30. The topological polar surface area (TPSA) is 49.3 Å². The maximum Gasteiger partial charge on any atom is 0.255 e. The Morgan fingerprint density at radius 1 is 1.44 bits per heavy atom. The van der Waals surface area contributed by atoms with Gasteiger partial charge in [0.15, 0.2) is 0 Å². The van der Waals surface area contributed by atoms with Crippen molar-refractivity contribution in [3.8, 4) is 5.75 Å². The third-order valence-corrected chi connectivity index (χ3v) is 3.29. The van der Waals surface area contributed by atoms with Crippen LogP contribution in [0.25, 0.3) is 0 Å². The fourth-order valence-electron chi connectivity index (χ4n) is 1.59. The van der Waals surface area contributed by atoms with Gasteiger partial charge in [-0.15, -0.1) is 0 Å². The van der Waals surface area contributed by atoms with Gasteiger partial charge in [-0.3, -0.25) is 4.79 Å². The molecule has 3 nitrogen and oxygen atoms in total. The van der Waals surface area contributed by atoms with Crippen molar-refractivity contribution in [2.75, 3.05) is 11.9 Å². The summed E-state index contributed by atoms with van der Waals surface area (Å²) in [7, 11) is 0. The van der Waals surface area contributed by atoms with Crippen LogP contribution in [0.4, 0.5) is 0 Å². The fourth-order valence-corrected chi connectivity index (χ4v) is 2.67. The Morgan fingerprint density at radius 2 is 2.11 bits per heavy atom. The van der Waals surface area contributed by atoms with E-state index in [4.69, 9.17) is 0 Å². The number of carbonyl (C=O) groups excluding carboxylic acids is 1. The third-order valence-electron chi connectivity index (χ3n) is 2.90. The van der Waals surface area contributed by atoms with Crippen LogP contribution in [-0.2, 0) is 0 Å². The Labute approximate surface area is 117 Å². The number of halogens is 1. The fraction of sp³-hybridized carbons (Fsp3) is 0.500. The molecular weight excluding hydrogens is 294 g/mol. The lowest BCUT2D eigenvalue weighted by Gasteiger charge is -2.24. The zero-order valence-electron chi connectivity index (χ0n) is 11.1. The summed E-state index contributed by atoms with van der Waals surface area (Å²) in [4.78, 5) is 11.9. The minimum absolute atomic E-state index is 0.0331. The van der Waals surface area contributed by atoms with Gasteiger partial charge in [0.1, 0.15) is 5.75 Å². The number of hydrogen-bond acceptors (Lipinski definition) is 2. The van der Waals surface area contributed by atoms with Crippen molar-refractivity contribution in [1.82, 2.24) is 5.32 Å². The average molecular weight is 314 g/mol. The first kappa shape index (κ1) is 15.0. The first-order valence-corrected chi connectivity index (χ1v) is 7.12. The lowest BCUT2D eigenvalue weighted by molar-refractivity contribution is 0.0933. The minimum atomic E-state index is -0.227. The summed E-state index contributed by atoms with van der Waals surface area (Å²) in [6.45, 7) is 6.67. The number of phenolic OH excluding ortho intramolecular Hbond substituents is 1. The van der Waals surface area contributed by atoms with Gasteiger partial charge in [0.2, 0.25) is 0 Å². The molecule has 0 aliphatic heterocycles. The van der Waals surface area contributed by atoms with Gasteiger partial charge >= 0.3 is 0 Å². The molecule has 2 N–H and O–H groups in total. The molecule has 0 spiro atoms. The smallest absolute Gasteiger partial charge is 0.255 e. The number of carbonyl (C=O) groups is 1. The van der Waals surface area contributed by atoms with Crippen molar-refractivity contribution in [3.63, 3.8) is 0 Å². The monoisotopic (exact) mass is 313 g/mol. The Kier molecular flexibility index (Phi) is 5.20. The van der Waals surface area contributed by atoms with Crippen molar-refractivity contribution in [2.24, 2.45) is 5.41 Å². The number of aromatic hydroxyl groups is 1. The SMILES string of the molecule is Cc1ccc(C(=O)NCC(C)(C)CCBr)c(O)c1. The van der Waals surface area contributed by atoms with E-state index in [0.717, 1.165) is 17.3 Å². The average Bonchev–Trinajstić information content (AvgIpc) is 2.26. The summed E-state index contributed by atoms with van der Waals surface area (Å²) in [5.74, 6) is -0.194. The van der Waals surface area contributed by atoms with Gasteiger partial charge in [0.25, 0.3) is 5.91 Å². The van der Waals surface area contributed by atoms with Crippen molar-refractivity contribution in [3.05, 3.63) is 29.3 Å². The van der Waals surface area contributed by atoms with Gasteiger partial charge in [-0.25, -0.2) is 0 Å². The lowest BCUT2D eigenvalue weighted by atomic mass is 9.90. The number of hydrogen-bond donors (Lipinski definition) is 2. The highest BCUT2D eigenvalue weighted by molar-refractivity contribution is 9.09. The normalized spacial score (nSPS) is 11.3. The quantitative estimate of drug-likeness (QED) is 0.820. The molecule has 0 radical (unpaired) electrons. The van der Waals surface area contributed by atoms with Crippen molar-refractivity contribution in [2.45, 2.75) is 27.2 Å². The number of amides is 1. The van der Waals surface area contributed by atoms with Gasteiger partial charge in [0.05, 0.1) is 5.56 Å². The minimum Gasteiger partial charge on any atom is -0.507 e. The molecular formula is C14H20BrNO2. The molecule has 0 saturated carbocycles. The number of rotatable bonds is 5. The number of phenols is 1. The molecule has 0 fully saturated rings. The van der Waals surface area contributed by atoms with E-state index in [2.05, 4.69) is 35.1 Å². The summed E-state index contributed by atoms with van der Waals surface area (Å²) in [5, 5.41) is 13.5. The van der Waals surface area contributed by atoms with Crippen molar-refractivity contribution < 1.29 is 9.90 Å². The zero-order chi connectivity index (χ0) is 13.8. The first-order chi connectivity index (χ1) is 8.35. The molecule has 1 aromatic carbocycles. The number of aryl methyl sites for hydroxylation is 1. The predicted octanol–water partition coefficient (Wildman–Crippen LogP) is 3.24. The van der Waals surface area contributed by atoms with Crippen molar-refractivity contribution >= 4 is 21.8 Å². The molecule has 1 aromatic rings. The molecule has 0 atom stereocenters. The zero-order valence-corrected chi connectivity index (χ0v) is 12.7. The standard InChI is InChI=1S/C14H20BrNO2/c1-10-4-5-11(12(17)8-10)13(18)16-9-14(2,3)6-7-15/h4-5,8,17H,6-7,9H2,1-3H3,(H,16,18). The second-order valence-electron chi connectivity index (χ2n) is 5.31. The van der Waals surface area contributed by atoms with Gasteiger partial charge in [0, 0.05) is 11.9 Å². The van der Waals surface area contributed by atoms with Crippen LogP contribution in [0.3, 0.4) is 0 Å². The van der Waals surface area contributed by atoms with Gasteiger partial charge < -0.3 is 10.4 Å². The van der Waals surface area contributed by atoms with E-state index < -0.39 is 0 Å². The number of alkyl halides is 1. The van der Waals surface area contributed by atoms with Crippen LogP contribution in [-0.4, -0.2) is 22.9 Å². The molecule has 0 aliphatic carbocycles. The van der Waals surface area contributed by atoms with E-state index in [-0.39, 0.29) is 17.1 Å². The highest BCUT2D eigenvalue weighted by Crippen LogP contribution is 2.21. The van der Waals surface area contributed by atoms with Crippen LogP contribution in [0.15, 0.2) is 18.2 Å². The summed E-state index contributed by atoms with van der Waals surface area (Å²) in [6, 6.07) is 5.06. The number of nitrogens with one attached hydrogen (secondary N) is 1. The Morgan fingerprint density at radius 3 is 2.67 bits per heavy atom. The predicted molar refractivity (Wildman–Crippen MR) is 77.4 cm³/mol. The largest absolute Gasteiger partial charge is 0.507 e. The molecule has 1 amide bonds. The van der Waals surface area contributed by atoms with E-state index in [1.54, 1.807) is 12.1 Å². The maximum absolute atomic E-state index is 11.9. The summed E-state index contributed by atoms with van der Waals surface area (Å²) in [6.07, 6.45) is 0.979. The van der Waals surface area contributed by atoms with E-state index in [1.807, 2.05) is 13.0 Å². The van der Waals surface area contributed by atoms with E-state index in [1.165, 1.54) is 0 Å². The molecule has 18 heavy (non-hydrogen) atoms. The van der Waals surface area contributed by atoms with E-state index in [9.17, 15) is 9.90 Å². The van der Waals surface area contributed by atoms with Crippen LogP contribution >= 0.6 is 15.9 Å². The molecule has 0 heterocycles. The van der Waals surface area contributed by atoms with Crippen LogP contribution in [0.1, 0.15) is 36.2 Å². The lowest BCUT2D eigenvalue weighted by Crippen LogP contribution is -2.34. The molecule has 1 rings (SSSR count). The molecule has 4 heteroatoms. The highest BCUT2D eigenvalue weighted by Gasteiger charge is 2.19. The van der Waals surface area contributed by atoms with Crippen molar-refractivity contribution in [1.29, 1.82) is 0 Å². The molecule has 100 valence electrons. The van der Waals surface area contributed by atoms with Gasteiger partial charge in [-0.05, 0) is 36.5 Å². The molecule has 0 unspecified atom stereocenters. The van der Waals surface area contributed by atoms with E-state index in [0.29, 0.717) is 12.1 Å². The molecule has 0 aromatic heterocycles.